The fourth-order valence-corrected chi connectivity index (χ4v) is 4.47. The van der Waals surface area contributed by atoms with Crippen LogP contribution in [0.4, 0.5) is 0 Å². The lowest BCUT2D eigenvalue weighted by atomic mass is 9.99. The lowest BCUT2D eigenvalue weighted by Crippen LogP contribution is -1.94. The molecule has 0 amide bonds. The minimum absolute atomic E-state index is 0.442. The average Bonchev–Trinajstić information content (AvgIpc) is 3.10. The third-order valence-corrected chi connectivity index (χ3v) is 6.61. The second kappa shape index (κ2) is 21.5. The van der Waals surface area contributed by atoms with Crippen LogP contribution in [0.5, 0.6) is 0 Å². The summed E-state index contributed by atoms with van der Waals surface area (Å²) in [6.07, 6.45) is 5.63. The molecule has 0 spiro atoms. The van der Waals surface area contributed by atoms with Crippen LogP contribution in [-0.2, 0) is 0 Å². The van der Waals surface area contributed by atoms with Crippen molar-refractivity contribution in [3.8, 4) is 0 Å². The number of fused-ring (bicyclic) bond motifs is 3. The zero-order valence-corrected chi connectivity index (χ0v) is 29.8. The van der Waals surface area contributed by atoms with E-state index in [1.165, 1.54) is 27.4 Å². The van der Waals surface area contributed by atoms with E-state index in [0.29, 0.717) is 17.8 Å². The van der Waals surface area contributed by atoms with Gasteiger partial charge in [0.1, 0.15) is 0 Å². The summed E-state index contributed by atoms with van der Waals surface area (Å²) in [4.78, 5) is 17.6. The Hall–Kier alpha value is -4.18. The number of rotatable bonds is 3. The van der Waals surface area contributed by atoms with Crippen LogP contribution >= 0.6 is 0 Å². The summed E-state index contributed by atoms with van der Waals surface area (Å²) in [7, 11) is 0. The molecule has 0 bridgehead atoms. The van der Waals surface area contributed by atoms with Crippen LogP contribution in [0.15, 0.2) is 104 Å². The minimum atomic E-state index is 0.442. The fraction of sp³-hybridized carbons (Fsp3) is 0.366. The fourth-order valence-electron chi connectivity index (χ4n) is 4.47. The summed E-state index contributed by atoms with van der Waals surface area (Å²) < 4.78 is 0. The summed E-state index contributed by atoms with van der Waals surface area (Å²) in [5.41, 5.74) is 6.66. The lowest BCUT2D eigenvalue weighted by molar-refractivity contribution is 0.822. The molecule has 4 heteroatoms. The van der Waals surface area contributed by atoms with E-state index in [4.69, 9.17) is 0 Å². The summed E-state index contributed by atoms with van der Waals surface area (Å²) >= 11 is 0. The molecule has 3 aromatic heterocycles. The van der Waals surface area contributed by atoms with E-state index in [1.807, 2.05) is 90.5 Å². The van der Waals surface area contributed by atoms with Gasteiger partial charge >= 0.3 is 0 Å². The highest BCUT2D eigenvalue weighted by Gasteiger charge is 2.05. The Morgan fingerprint density at radius 1 is 0.444 bits per heavy atom. The molecule has 0 aliphatic heterocycles. The number of aromatic nitrogens is 4. The molecular weight excluding hydrogens is 548 g/mol. The molecule has 45 heavy (non-hydrogen) atoms. The van der Waals surface area contributed by atoms with Gasteiger partial charge < -0.3 is 0 Å². The largest absolute Gasteiger partial charge is 0.260 e. The van der Waals surface area contributed by atoms with E-state index in [-0.39, 0.29) is 0 Å². The summed E-state index contributed by atoms with van der Waals surface area (Å²) in [5, 5.41) is 3.83. The lowest BCUT2D eigenvalue weighted by Gasteiger charge is -2.08. The van der Waals surface area contributed by atoms with Crippen molar-refractivity contribution >= 4 is 32.7 Å². The minimum Gasteiger partial charge on any atom is -0.260 e. The topological polar surface area (TPSA) is 51.6 Å². The molecule has 4 nitrogen and oxygen atoms in total. The summed E-state index contributed by atoms with van der Waals surface area (Å²) in [6, 6.07) is 28.8. The molecule has 3 aromatic carbocycles. The molecule has 0 saturated carbocycles. The summed E-state index contributed by atoms with van der Waals surface area (Å²) in [6.45, 7) is 25.0. The standard InChI is InChI=1S/2C12H13N.C11H12N2.3C2H6/c1-9(2)10-7-8-13-12-6-4-3-5-11(10)12;1-9(2)12-11-6-4-3-5-10(11)7-8-13-12;1-8(2)11-7-12-9-5-3-4-6-10(9)13-11;3*1-2/h2*3-9H,1-2H3;3-8H,1-2H3;3*1-2H3. The van der Waals surface area contributed by atoms with E-state index in [1.54, 1.807) is 0 Å². The Labute approximate surface area is 273 Å². The van der Waals surface area contributed by atoms with Gasteiger partial charge in [-0.25, -0.2) is 4.98 Å². The van der Waals surface area contributed by atoms with Crippen LogP contribution in [0.25, 0.3) is 32.7 Å². The first-order valence-electron chi connectivity index (χ1n) is 16.7. The van der Waals surface area contributed by atoms with Crippen molar-refractivity contribution < 1.29 is 0 Å². The second-order valence-corrected chi connectivity index (χ2v) is 10.6. The third kappa shape index (κ3) is 11.7. The third-order valence-electron chi connectivity index (χ3n) is 6.61. The van der Waals surface area contributed by atoms with Crippen LogP contribution in [0.3, 0.4) is 0 Å². The average molecular weight is 605 g/mol. The van der Waals surface area contributed by atoms with E-state index >= 15 is 0 Å². The molecule has 0 radical (unpaired) electrons. The van der Waals surface area contributed by atoms with Gasteiger partial charge in [-0.2, -0.15) is 0 Å². The zero-order chi connectivity index (χ0) is 33.8. The van der Waals surface area contributed by atoms with E-state index in [9.17, 15) is 0 Å². The molecule has 0 aliphatic carbocycles. The Bertz CT molecular complexity index is 1550. The number of pyridine rings is 2. The van der Waals surface area contributed by atoms with E-state index < -0.39 is 0 Å². The van der Waals surface area contributed by atoms with Gasteiger partial charge in [-0.3, -0.25) is 15.0 Å². The van der Waals surface area contributed by atoms with Crippen molar-refractivity contribution in [1.82, 2.24) is 19.9 Å². The summed E-state index contributed by atoms with van der Waals surface area (Å²) in [5.74, 6) is 1.50. The van der Waals surface area contributed by atoms with Gasteiger partial charge in [-0.1, -0.05) is 138 Å². The highest BCUT2D eigenvalue weighted by atomic mass is 14.8. The Morgan fingerprint density at radius 2 is 0.978 bits per heavy atom. The van der Waals surface area contributed by atoms with Crippen molar-refractivity contribution in [1.29, 1.82) is 0 Å². The van der Waals surface area contributed by atoms with Crippen LogP contribution in [0.2, 0.25) is 0 Å². The Balaban J connectivity index is 0.000000311. The Morgan fingerprint density at radius 3 is 1.58 bits per heavy atom. The van der Waals surface area contributed by atoms with E-state index in [0.717, 1.165) is 22.2 Å². The van der Waals surface area contributed by atoms with Crippen molar-refractivity contribution in [3.05, 3.63) is 120 Å². The maximum absolute atomic E-state index is 4.51. The number of hydrogen-bond acceptors (Lipinski definition) is 4. The van der Waals surface area contributed by atoms with Gasteiger partial charge in [-0.05, 0) is 59.0 Å². The van der Waals surface area contributed by atoms with Gasteiger partial charge in [0.15, 0.2) is 0 Å². The van der Waals surface area contributed by atoms with Gasteiger partial charge in [0, 0.05) is 29.4 Å². The van der Waals surface area contributed by atoms with Gasteiger partial charge in [0.05, 0.1) is 27.9 Å². The van der Waals surface area contributed by atoms with Gasteiger partial charge in [0.2, 0.25) is 0 Å². The highest BCUT2D eigenvalue weighted by Crippen LogP contribution is 2.23. The van der Waals surface area contributed by atoms with Crippen LogP contribution in [-0.4, -0.2) is 19.9 Å². The van der Waals surface area contributed by atoms with Crippen molar-refractivity contribution in [2.45, 2.75) is 101 Å². The van der Waals surface area contributed by atoms with Crippen molar-refractivity contribution in [2.24, 2.45) is 0 Å². The van der Waals surface area contributed by atoms with Crippen LogP contribution < -0.4 is 0 Å². The first-order valence-corrected chi connectivity index (χ1v) is 16.7. The molecule has 0 aliphatic rings. The van der Waals surface area contributed by atoms with Gasteiger partial charge in [0.25, 0.3) is 0 Å². The molecule has 0 saturated heterocycles. The smallest absolute Gasteiger partial charge is 0.0890 e. The monoisotopic (exact) mass is 604 g/mol. The van der Waals surface area contributed by atoms with E-state index in [2.05, 4.69) is 116 Å². The molecule has 0 atom stereocenters. The molecule has 0 unspecified atom stereocenters. The number of benzene rings is 3. The number of nitrogens with zero attached hydrogens (tertiary/aromatic N) is 4. The predicted octanol–water partition coefficient (Wildman–Crippen LogP) is 12.5. The van der Waals surface area contributed by atoms with Crippen LogP contribution in [0, 0.1) is 0 Å². The molecule has 0 N–H and O–H groups in total. The molecule has 6 rings (SSSR count). The number of para-hydroxylation sites is 3. The molecule has 3 heterocycles. The molecule has 0 fully saturated rings. The van der Waals surface area contributed by atoms with Crippen molar-refractivity contribution in [3.63, 3.8) is 0 Å². The maximum Gasteiger partial charge on any atom is 0.0890 e. The van der Waals surface area contributed by atoms with Crippen molar-refractivity contribution in [2.75, 3.05) is 0 Å². The SMILES string of the molecule is CC.CC.CC.CC(C)c1ccnc2ccccc12.CC(C)c1cnc2ccccc2n1.CC(C)c1nccc2ccccc12. The normalized spacial score (nSPS) is 9.93. The maximum atomic E-state index is 4.51. The molecule has 6 aromatic rings. The first kappa shape index (κ1) is 38.8. The first-order chi connectivity index (χ1) is 21.8. The second-order valence-electron chi connectivity index (χ2n) is 10.6. The predicted molar refractivity (Wildman–Crippen MR) is 199 cm³/mol. The number of hydrogen-bond donors (Lipinski definition) is 0. The quantitative estimate of drug-likeness (QED) is 0.202. The zero-order valence-electron chi connectivity index (χ0n) is 29.8. The van der Waals surface area contributed by atoms with Crippen LogP contribution in [0.1, 0.15) is 118 Å². The Kier molecular flexibility index (Phi) is 18.6. The molecule has 240 valence electrons. The molecular formula is C41H56N4. The highest BCUT2D eigenvalue weighted by molar-refractivity contribution is 5.84. The van der Waals surface area contributed by atoms with Gasteiger partial charge in [-0.15, -0.1) is 0 Å².